The summed E-state index contributed by atoms with van der Waals surface area (Å²) in [5.41, 5.74) is 4.28. The van der Waals surface area contributed by atoms with Crippen LogP contribution in [0.15, 0.2) is 35.5 Å². The van der Waals surface area contributed by atoms with E-state index >= 15 is 0 Å². The van der Waals surface area contributed by atoms with E-state index in [4.69, 9.17) is 4.74 Å². The van der Waals surface area contributed by atoms with Crippen molar-refractivity contribution in [2.45, 2.75) is 17.7 Å². The smallest absolute Gasteiger partial charge is 0.142 e. The van der Waals surface area contributed by atoms with Crippen LogP contribution in [0.1, 0.15) is 12.0 Å². The monoisotopic (exact) mass is 297 g/mol. The van der Waals surface area contributed by atoms with Crippen molar-refractivity contribution in [3.63, 3.8) is 0 Å². The molecule has 0 radical (unpaired) electrons. The van der Waals surface area contributed by atoms with Gasteiger partial charge in [0.05, 0.1) is 24.4 Å². The highest BCUT2D eigenvalue weighted by Crippen LogP contribution is 2.39. The topological polar surface area (TPSA) is 50.8 Å². The van der Waals surface area contributed by atoms with Crippen LogP contribution >= 0.6 is 11.8 Å². The molecule has 0 atom stereocenters. The van der Waals surface area contributed by atoms with Crippen molar-refractivity contribution in [1.82, 2.24) is 15.0 Å². The van der Waals surface area contributed by atoms with Gasteiger partial charge in [0.2, 0.25) is 0 Å². The predicted octanol–water partition coefficient (Wildman–Crippen LogP) is 3.67. The number of fused-ring (bicyclic) bond motifs is 2. The maximum atomic E-state index is 5.57. The van der Waals surface area contributed by atoms with Gasteiger partial charge < -0.3 is 9.72 Å². The third kappa shape index (κ3) is 2.17. The molecule has 3 heterocycles. The molecule has 2 aromatic heterocycles. The number of nitrogens with zero attached hydrogens (tertiary/aromatic N) is 2. The summed E-state index contributed by atoms with van der Waals surface area (Å²) in [5, 5.41) is 0. The third-order valence-corrected chi connectivity index (χ3v) is 4.95. The molecule has 0 bridgehead atoms. The molecule has 4 rings (SSSR count). The highest BCUT2D eigenvalue weighted by atomic mass is 32.2. The van der Waals surface area contributed by atoms with Crippen LogP contribution in [0.2, 0.25) is 0 Å². The van der Waals surface area contributed by atoms with E-state index in [1.807, 2.05) is 17.8 Å². The van der Waals surface area contributed by atoms with Gasteiger partial charge in [-0.3, -0.25) is 4.98 Å². The number of nitrogens with one attached hydrogen (secondary N) is 1. The summed E-state index contributed by atoms with van der Waals surface area (Å²) in [4.78, 5) is 13.4. The van der Waals surface area contributed by atoms with E-state index in [-0.39, 0.29) is 0 Å². The summed E-state index contributed by atoms with van der Waals surface area (Å²) in [6, 6.07) is 6.29. The van der Waals surface area contributed by atoms with Gasteiger partial charge >= 0.3 is 0 Å². The maximum absolute atomic E-state index is 5.57. The van der Waals surface area contributed by atoms with Gasteiger partial charge in [0, 0.05) is 11.1 Å². The number of pyridine rings is 1. The zero-order valence-corrected chi connectivity index (χ0v) is 12.5. The first-order valence-corrected chi connectivity index (χ1v) is 7.97. The van der Waals surface area contributed by atoms with Gasteiger partial charge in [0.1, 0.15) is 17.1 Å². The fourth-order valence-corrected chi connectivity index (χ4v) is 3.76. The molecule has 1 aliphatic rings. The Morgan fingerprint density at radius 3 is 3.14 bits per heavy atom. The number of ether oxygens (including phenoxy) is 1. The van der Waals surface area contributed by atoms with Crippen molar-refractivity contribution in [1.29, 1.82) is 0 Å². The fraction of sp³-hybridized carbons (Fsp3) is 0.250. The van der Waals surface area contributed by atoms with Gasteiger partial charge in [-0.25, -0.2) is 4.98 Å². The predicted molar refractivity (Wildman–Crippen MR) is 84.9 cm³/mol. The van der Waals surface area contributed by atoms with Crippen LogP contribution in [0.3, 0.4) is 0 Å². The number of H-pyrrole nitrogens is 1. The van der Waals surface area contributed by atoms with Gasteiger partial charge in [0.25, 0.3) is 0 Å². The van der Waals surface area contributed by atoms with Crippen molar-refractivity contribution in [3.8, 4) is 17.1 Å². The summed E-state index contributed by atoms with van der Waals surface area (Å²) in [7, 11) is 1.71. The van der Waals surface area contributed by atoms with E-state index in [1.165, 1.54) is 22.6 Å². The molecule has 21 heavy (non-hydrogen) atoms. The first-order chi connectivity index (χ1) is 10.3. The molecule has 0 spiro atoms. The van der Waals surface area contributed by atoms with E-state index < -0.39 is 0 Å². The lowest BCUT2D eigenvalue weighted by Crippen LogP contribution is -2.00. The molecule has 0 unspecified atom stereocenters. The molecule has 4 nitrogen and oxygen atoms in total. The Hall–Kier alpha value is -2.01. The largest absolute Gasteiger partial charge is 0.496 e. The van der Waals surface area contributed by atoms with E-state index in [1.54, 1.807) is 19.5 Å². The molecule has 1 aliphatic heterocycles. The molecule has 1 aromatic carbocycles. The van der Waals surface area contributed by atoms with Crippen LogP contribution in [-0.4, -0.2) is 27.8 Å². The Bertz CT molecular complexity index is 779. The summed E-state index contributed by atoms with van der Waals surface area (Å²) >= 11 is 1.91. The van der Waals surface area contributed by atoms with Gasteiger partial charge in [0.15, 0.2) is 0 Å². The van der Waals surface area contributed by atoms with Crippen molar-refractivity contribution >= 4 is 22.8 Å². The lowest BCUT2D eigenvalue weighted by Gasteiger charge is -2.18. The fourth-order valence-electron chi connectivity index (χ4n) is 2.72. The van der Waals surface area contributed by atoms with Crippen LogP contribution in [0.4, 0.5) is 0 Å². The van der Waals surface area contributed by atoms with Crippen molar-refractivity contribution < 1.29 is 4.74 Å². The normalized spacial score (nSPS) is 14.1. The minimum atomic E-state index is 0.841. The zero-order chi connectivity index (χ0) is 14.2. The Morgan fingerprint density at radius 1 is 1.33 bits per heavy atom. The Labute approximate surface area is 127 Å². The second-order valence-corrected chi connectivity index (χ2v) is 6.23. The first kappa shape index (κ1) is 12.7. The summed E-state index contributed by atoms with van der Waals surface area (Å²) in [6.07, 6.45) is 5.90. The number of methoxy groups -OCH3 is 1. The zero-order valence-electron chi connectivity index (χ0n) is 11.7. The highest BCUT2D eigenvalue weighted by Gasteiger charge is 2.17. The second-order valence-electron chi connectivity index (χ2n) is 5.09. The summed E-state index contributed by atoms with van der Waals surface area (Å²) in [5.74, 6) is 2.90. The van der Waals surface area contributed by atoms with Crippen molar-refractivity contribution in [3.05, 3.63) is 36.2 Å². The average Bonchev–Trinajstić information content (AvgIpc) is 2.97. The number of hydrogen-bond donors (Lipinski definition) is 1. The standard InChI is InChI=1S/C16H15N3OS/c1-20-14-8-15-10(3-2-6-21-15)7-11(14)16-18-12-4-5-17-9-13(12)19-16/h4-5,7-9H,2-3,6H2,1H3,(H,18,19). The molecule has 0 amide bonds. The summed E-state index contributed by atoms with van der Waals surface area (Å²) < 4.78 is 5.57. The van der Waals surface area contributed by atoms with Crippen LogP contribution < -0.4 is 4.74 Å². The number of aryl methyl sites for hydroxylation is 1. The number of aromatic amines is 1. The molecule has 0 aliphatic carbocycles. The molecule has 106 valence electrons. The molecular formula is C16H15N3OS. The lowest BCUT2D eigenvalue weighted by atomic mass is 10.0. The Kier molecular flexibility index (Phi) is 3.07. The van der Waals surface area contributed by atoms with Gasteiger partial charge in [-0.05, 0) is 42.4 Å². The van der Waals surface area contributed by atoms with E-state index in [9.17, 15) is 0 Å². The number of thioether (sulfide) groups is 1. The van der Waals surface area contributed by atoms with E-state index in [0.29, 0.717) is 0 Å². The van der Waals surface area contributed by atoms with Gasteiger partial charge in [-0.2, -0.15) is 0 Å². The maximum Gasteiger partial charge on any atom is 0.142 e. The second kappa shape index (κ2) is 5.07. The molecule has 0 saturated carbocycles. The van der Waals surface area contributed by atoms with Crippen LogP contribution in [0.25, 0.3) is 22.4 Å². The first-order valence-electron chi connectivity index (χ1n) is 6.99. The SMILES string of the molecule is COc1cc2c(cc1-c1nc3cnccc3[nH]1)CCCS2. The lowest BCUT2D eigenvalue weighted by molar-refractivity contribution is 0.415. The molecule has 0 saturated heterocycles. The minimum absolute atomic E-state index is 0.841. The number of hydrogen-bond acceptors (Lipinski definition) is 4. The molecule has 0 fully saturated rings. The Morgan fingerprint density at radius 2 is 2.29 bits per heavy atom. The molecule has 3 aromatic rings. The minimum Gasteiger partial charge on any atom is -0.496 e. The summed E-state index contributed by atoms with van der Waals surface area (Å²) in [6.45, 7) is 0. The quantitative estimate of drug-likeness (QED) is 0.784. The van der Waals surface area contributed by atoms with Gasteiger partial charge in [-0.1, -0.05) is 0 Å². The highest BCUT2D eigenvalue weighted by molar-refractivity contribution is 7.99. The van der Waals surface area contributed by atoms with Gasteiger partial charge in [-0.15, -0.1) is 11.8 Å². The number of imidazole rings is 1. The number of benzene rings is 1. The average molecular weight is 297 g/mol. The molecule has 5 heteroatoms. The molecular weight excluding hydrogens is 282 g/mol. The van der Waals surface area contributed by atoms with Crippen LogP contribution in [-0.2, 0) is 6.42 Å². The van der Waals surface area contributed by atoms with Crippen LogP contribution in [0, 0.1) is 0 Å². The molecule has 1 N–H and O–H groups in total. The Balaban J connectivity index is 1.89. The third-order valence-electron chi connectivity index (χ3n) is 3.77. The van der Waals surface area contributed by atoms with Crippen molar-refractivity contribution in [2.24, 2.45) is 0 Å². The van der Waals surface area contributed by atoms with E-state index in [2.05, 4.69) is 27.1 Å². The van der Waals surface area contributed by atoms with E-state index in [0.717, 1.165) is 34.6 Å². The van der Waals surface area contributed by atoms with Crippen molar-refractivity contribution in [2.75, 3.05) is 12.9 Å². The number of aromatic nitrogens is 3. The number of rotatable bonds is 2. The van der Waals surface area contributed by atoms with Crippen LogP contribution in [0.5, 0.6) is 5.75 Å².